The molecule has 1 fully saturated rings. The highest BCUT2D eigenvalue weighted by molar-refractivity contribution is 5.66. The van der Waals surface area contributed by atoms with Crippen LogP contribution in [0, 0.1) is 6.92 Å². The van der Waals surface area contributed by atoms with Crippen molar-refractivity contribution in [2.24, 2.45) is 0 Å². The van der Waals surface area contributed by atoms with E-state index >= 15 is 0 Å². The highest BCUT2D eigenvalue weighted by Gasteiger charge is 2.35. The largest absolute Gasteiger partial charge is 0.481 e. The van der Waals surface area contributed by atoms with Gasteiger partial charge in [0.2, 0.25) is 11.8 Å². The Kier molecular flexibility index (Phi) is 7.52. The lowest BCUT2D eigenvalue weighted by molar-refractivity contribution is 0.0719. The van der Waals surface area contributed by atoms with Crippen LogP contribution in [0.2, 0.25) is 0 Å². The molecule has 4 rings (SSSR count). The van der Waals surface area contributed by atoms with E-state index in [0.717, 1.165) is 60.1 Å². The highest BCUT2D eigenvalue weighted by atomic mass is 16.5. The molecule has 9 nitrogen and oxygen atoms in total. The van der Waals surface area contributed by atoms with Crippen molar-refractivity contribution >= 4 is 11.8 Å². The molecular formula is C25H33N7O2. The van der Waals surface area contributed by atoms with E-state index in [0.29, 0.717) is 18.4 Å². The van der Waals surface area contributed by atoms with E-state index in [1.54, 1.807) is 19.5 Å². The number of aryl methyl sites for hydroxylation is 3. The second-order valence-electron chi connectivity index (χ2n) is 8.21. The third-order valence-corrected chi connectivity index (χ3v) is 6.04. The zero-order valence-corrected chi connectivity index (χ0v) is 20.6. The third kappa shape index (κ3) is 4.94. The van der Waals surface area contributed by atoms with E-state index in [9.17, 15) is 0 Å². The maximum Gasteiger partial charge on any atom is 0.225 e. The van der Waals surface area contributed by atoms with Gasteiger partial charge in [0.15, 0.2) is 0 Å². The van der Waals surface area contributed by atoms with Crippen LogP contribution >= 0.6 is 0 Å². The van der Waals surface area contributed by atoms with Crippen molar-refractivity contribution < 1.29 is 9.47 Å². The van der Waals surface area contributed by atoms with Crippen molar-refractivity contribution in [2.75, 3.05) is 37.0 Å². The summed E-state index contributed by atoms with van der Waals surface area (Å²) in [5.41, 5.74) is 4.59. The normalized spacial score (nSPS) is 17.7. The standard InChI is InChI=1S/C25H33N7O2/c1-6-18-23(17-10-11-22(33-5)28-16(17)4)29-19(7-2)24(30-18)31-20-14-32(15-21(20)34-8-3)25-26-12-9-13-27-25/h9-13,20-21H,6-8,14-15H2,1-5H3,(H,30,31)/t20-,21-/m1/s1. The Balaban J connectivity index is 1.65. The molecule has 34 heavy (non-hydrogen) atoms. The van der Waals surface area contributed by atoms with E-state index in [2.05, 4.69) is 39.0 Å². The summed E-state index contributed by atoms with van der Waals surface area (Å²) >= 11 is 0. The maximum absolute atomic E-state index is 6.07. The van der Waals surface area contributed by atoms with Gasteiger partial charge in [0, 0.05) is 43.7 Å². The van der Waals surface area contributed by atoms with E-state index in [1.807, 2.05) is 32.0 Å². The van der Waals surface area contributed by atoms with E-state index in [4.69, 9.17) is 19.4 Å². The van der Waals surface area contributed by atoms with Crippen LogP contribution in [0.25, 0.3) is 11.3 Å². The van der Waals surface area contributed by atoms with Crippen molar-refractivity contribution in [3.05, 3.63) is 47.7 Å². The summed E-state index contributed by atoms with van der Waals surface area (Å²) in [6.07, 6.45) is 5.05. The molecule has 3 aromatic rings. The van der Waals surface area contributed by atoms with Gasteiger partial charge in [-0.3, -0.25) is 0 Å². The summed E-state index contributed by atoms with van der Waals surface area (Å²) < 4.78 is 11.3. The summed E-state index contributed by atoms with van der Waals surface area (Å²) in [7, 11) is 1.62. The third-order valence-electron chi connectivity index (χ3n) is 6.04. The van der Waals surface area contributed by atoms with Crippen molar-refractivity contribution in [3.8, 4) is 17.1 Å². The van der Waals surface area contributed by atoms with Crippen LogP contribution in [-0.4, -0.2) is 63.9 Å². The van der Waals surface area contributed by atoms with Gasteiger partial charge in [-0.2, -0.15) is 0 Å². The van der Waals surface area contributed by atoms with Gasteiger partial charge in [-0.1, -0.05) is 13.8 Å². The predicted molar refractivity (Wildman–Crippen MR) is 132 cm³/mol. The van der Waals surface area contributed by atoms with Gasteiger partial charge < -0.3 is 19.7 Å². The first kappa shape index (κ1) is 23.8. The summed E-state index contributed by atoms with van der Waals surface area (Å²) in [5.74, 6) is 2.12. The van der Waals surface area contributed by atoms with Crippen LogP contribution in [0.1, 0.15) is 37.9 Å². The minimum atomic E-state index is -0.00176. The topological polar surface area (TPSA) is 98.2 Å². The number of pyridine rings is 1. The first-order valence-electron chi connectivity index (χ1n) is 11.9. The van der Waals surface area contributed by atoms with Crippen LogP contribution < -0.4 is 15.0 Å². The van der Waals surface area contributed by atoms with Crippen LogP contribution in [0.3, 0.4) is 0 Å². The predicted octanol–water partition coefficient (Wildman–Crippen LogP) is 3.48. The van der Waals surface area contributed by atoms with E-state index < -0.39 is 0 Å². The van der Waals surface area contributed by atoms with Gasteiger partial charge in [-0.15, -0.1) is 0 Å². The highest BCUT2D eigenvalue weighted by Crippen LogP contribution is 2.29. The first-order valence-corrected chi connectivity index (χ1v) is 11.9. The molecule has 180 valence electrons. The zero-order valence-electron chi connectivity index (χ0n) is 20.6. The summed E-state index contributed by atoms with van der Waals surface area (Å²) in [4.78, 5) is 25.6. The number of hydrogen-bond donors (Lipinski definition) is 1. The monoisotopic (exact) mass is 463 g/mol. The first-order chi connectivity index (χ1) is 16.6. The number of hydrogen-bond acceptors (Lipinski definition) is 9. The number of anilines is 2. The fourth-order valence-electron chi connectivity index (χ4n) is 4.32. The molecule has 0 aliphatic carbocycles. The summed E-state index contributed by atoms with van der Waals surface area (Å²) in [6.45, 7) is 10.3. The molecule has 2 atom stereocenters. The quantitative estimate of drug-likeness (QED) is 0.511. The van der Waals surface area contributed by atoms with Gasteiger partial charge in [0.25, 0.3) is 0 Å². The number of nitrogens with one attached hydrogen (secondary N) is 1. The van der Waals surface area contributed by atoms with Gasteiger partial charge in [0.05, 0.1) is 42.0 Å². The molecule has 9 heteroatoms. The van der Waals surface area contributed by atoms with E-state index in [-0.39, 0.29) is 12.1 Å². The second kappa shape index (κ2) is 10.7. The molecule has 1 aliphatic rings. The van der Waals surface area contributed by atoms with Gasteiger partial charge >= 0.3 is 0 Å². The Hall–Kier alpha value is -3.33. The number of rotatable bonds is 9. The summed E-state index contributed by atoms with van der Waals surface area (Å²) in [6, 6.07) is 5.75. The lowest BCUT2D eigenvalue weighted by Crippen LogP contribution is -2.35. The van der Waals surface area contributed by atoms with Crippen LogP contribution in [0.5, 0.6) is 5.88 Å². The smallest absolute Gasteiger partial charge is 0.225 e. The number of methoxy groups -OCH3 is 1. The van der Waals surface area contributed by atoms with Gasteiger partial charge in [-0.25, -0.2) is 24.9 Å². The Morgan fingerprint density at radius 3 is 2.41 bits per heavy atom. The van der Waals surface area contributed by atoms with Crippen LogP contribution in [0.4, 0.5) is 11.8 Å². The minimum absolute atomic E-state index is 0.00176. The Bertz CT molecular complexity index is 1110. The molecule has 0 spiro atoms. The minimum Gasteiger partial charge on any atom is -0.481 e. The molecule has 1 aliphatic heterocycles. The second-order valence-corrected chi connectivity index (χ2v) is 8.21. The van der Waals surface area contributed by atoms with Crippen molar-refractivity contribution in [1.29, 1.82) is 0 Å². The maximum atomic E-state index is 6.07. The number of nitrogens with zero attached hydrogens (tertiary/aromatic N) is 6. The fourth-order valence-corrected chi connectivity index (χ4v) is 4.32. The van der Waals surface area contributed by atoms with Crippen molar-refractivity contribution in [2.45, 2.75) is 52.7 Å². The Morgan fingerprint density at radius 1 is 1.00 bits per heavy atom. The molecule has 1 saturated heterocycles. The van der Waals surface area contributed by atoms with Crippen molar-refractivity contribution in [1.82, 2.24) is 24.9 Å². The van der Waals surface area contributed by atoms with Crippen molar-refractivity contribution in [3.63, 3.8) is 0 Å². The molecule has 0 saturated carbocycles. The molecule has 0 bridgehead atoms. The molecule has 0 aromatic carbocycles. The zero-order chi connectivity index (χ0) is 24.1. The molecule has 1 N–H and O–H groups in total. The molecular weight excluding hydrogens is 430 g/mol. The molecule has 0 radical (unpaired) electrons. The number of ether oxygens (including phenoxy) is 2. The van der Waals surface area contributed by atoms with Gasteiger partial charge in [-0.05, 0) is 38.8 Å². The molecule has 0 amide bonds. The van der Waals surface area contributed by atoms with Gasteiger partial charge in [0.1, 0.15) is 5.82 Å². The number of aromatic nitrogens is 5. The lowest BCUT2D eigenvalue weighted by Gasteiger charge is -2.22. The molecule has 3 aromatic heterocycles. The fraction of sp³-hybridized carbons (Fsp3) is 0.480. The van der Waals surface area contributed by atoms with E-state index in [1.165, 1.54) is 0 Å². The average molecular weight is 464 g/mol. The Morgan fingerprint density at radius 2 is 1.76 bits per heavy atom. The average Bonchev–Trinajstić information content (AvgIpc) is 3.26. The van der Waals surface area contributed by atoms with Crippen LogP contribution in [-0.2, 0) is 17.6 Å². The SMILES string of the molecule is CCO[C@@H]1CN(c2ncccn2)C[C@H]1Nc1nc(CC)c(-c2ccc(OC)nc2C)nc1CC. The lowest BCUT2D eigenvalue weighted by atomic mass is 10.1. The molecule has 0 unspecified atom stereocenters. The molecule has 4 heterocycles. The Labute approximate surface area is 201 Å². The van der Waals surface area contributed by atoms with Crippen LogP contribution in [0.15, 0.2) is 30.6 Å². The summed E-state index contributed by atoms with van der Waals surface area (Å²) in [5, 5.41) is 3.65.